The van der Waals surface area contributed by atoms with Crippen molar-refractivity contribution in [3.63, 3.8) is 0 Å². The molecular formula is C18H24N4O3. The zero-order chi connectivity index (χ0) is 17.6. The summed E-state index contributed by atoms with van der Waals surface area (Å²) >= 11 is 0. The lowest BCUT2D eigenvalue weighted by Gasteiger charge is -2.33. The van der Waals surface area contributed by atoms with Crippen LogP contribution < -0.4 is 10.6 Å². The van der Waals surface area contributed by atoms with Crippen LogP contribution in [-0.4, -0.2) is 48.8 Å². The number of ether oxygens (including phenoxy) is 1. The molecule has 1 atom stereocenters. The quantitative estimate of drug-likeness (QED) is 0.871. The number of nitrogens with zero attached hydrogens (tertiary/aromatic N) is 2. The first-order chi connectivity index (χ1) is 12.1. The van der Waals surface area contributed by atoms with E-state index in [1.165, 1.54) is 0 Å². The molecule has 0 saturated carbocycles. The molecule has 0 unspecified atom stereocenters. The van der Waals surface area contributed by atoms with Crippen LogP contribution in [0.4, 0.5) is 10.6 Å². The highest BCUT2D eigenvalue weighted by Crippen LogP contribution is 2.23. The van der Waals surface area contributed by atoms with E-state index in [0.29, 0.717) is 25.6 Å². The van der Waals surface area contributed by atoms with Crippen LogP contribution in [0.1, 0.15) is 23.1 Å². The molecule has 0 bridgehead atoms. The van der Waals surface area contributed by atoms with Gasteiger partial charge in [0.05, 0.1) is 19.3 Å². The molecule has 25 heavy (non-hydrogen) atoms. The Labute approximate surface area is 147 Å². The molecule has 0 aromatic carbocycles. The molecule has 0 radical (unpaired) electrons. The third kappa shape index (κ3) is 4.58. The summed E-state index contributed by atoms with van der Waals surface area (Å²) < 4.78 is 11.2. The van der Waals surface area contributed by atoms with Gasteiger partial charge in [-0.2, -0.15) is 0 Å². The van der Waals surface area contributed by atoms with Crippen molar-refractivity contribution >= 4 is 11.8 Å². The number of nitrogens with one attached hydrogen (secondary N) is 2. The van der Waals surface area contributed by atoms with Crippen molar-refractivity contribution in [1.29, 1.82) is 0 Å². The van der Waals surface area contributed by atoms with Crippen LogP contribution in [0.3, 0.4) is 0 Å². The molecule has 134 valence electrons. The minimum atomic E-state index is -0.275. The van der Waals surface area contributed by atoms with Gasteiger partial charge in [0.1, 0.15) is 17.3 Å². The number of rotatable bonds is 5. The Morgan fingerprint density at radius 3 is 2.76 bits per heavy atom. The fraction of sp³-hybridized carbons (Fsp3) is 0.444. The van der Waals surface area contributed by atoms with E-state index in [1.807, 2.05) is 38.1 Å². The van der Waals surface area contributed by atoms with Crippen LogP contribution in [0.5, 0.6) is 0 Å². The lowest BCUT2D eigenvalue weighted by molar-refractivity contribution is 0.0122. The Balaban J connectivity index is 1.63. The average molecular weight is 344 g/mol. The number of pyridine rings is 1. The highest BCUT2D eigenvalue weighted by atomic mass is 16.5. The van der Waals surface area contributed by atoms with Crippen molar-refractivity contribution in [1.82, 2.24) is 15.2 Å². The molecule has 7 heteroatoms. The SMILES string of the molecule is Cc1ccc([C@H](CNC(=O)Nc2ncccc2C)N2CCOCC2)o1. The normalized spacial score (nSPS) is 16.4. The van der Waals surface area contributed by atoms with Gasteiger partial charge in [0.25, 0.3) is 0 Å². The molecule has 3 rings (SSSR count). The van der Waals surface area contributed by atoms with Crippen molar-refractivity contribution in [3.8, 4) is 0 Å². The van der Waals surface area contributed by atoms with Crippen molar-refractivity contribution < 1.29 is 13.9 Å². The summed E-state index contributed by atoms with van der Waals surface area (Å²) in [5, 5.41) is 5.72. The Kier molecular flexibility index (Phi) is 5.67. The topological polar surface area (TPSA) is 79.6 Å². The maximum atomic E-state index is 12.3. The Morgan fingerprint density at radius 1 is 1.28 bits per heavy atom. The van der Waals surface area contributed by atoms with Gasteiger partial charge in [-0.05, 0) is 37.6 Å². The molecule has 2 aromatic heterocycles. The lowest BCUT2D eigenvalue weighted by Crippen LogP contribution is -2.44. The van der Waals surface area contributed by atoms with E-state index in [0.717, 1.165) is 30.2 Å². The van der Waals surface area contributed by atoms with Gasteiger partial charge in [0, 0.05) is 25.8 Å². The molecule has 2 amide bonds. The summed E-state index contributed by atoms with van der Waals surface area (Å²) in [6.45, 7) is 7.28. The fourth-order valence-corrected chi connectivity index (χ4v) is 2.89. The maximum Gasteiger partial charge on any atom is 0.320 e. The molecule has 7 nitrogen and oxygen atoms in total. The third-order valence-electron chi connectivity index (χ3n) is 4.27. The van der Waals surface area contributed by atoms with Crippen molar-refractivity contribution in [2.45, 2.75) is 19.9 Å². The van der Waals surface area contributed by atoms with E-state index in [1.54, 1.807) is 6.20 Å². The lowest BCUT2D eigenvalue weighted by atomic mass is 10.1. The van der Waals surface area contributed by atoms with E-state index in [9.17, 15) is 4.79 Å². The molecule has 1 aliphatic heterocycles. The summed E-state index contributed by atoms with van der Waals surface area (Å²) in [5.74, 6) is 2.28. The second-order valence-corrected chi connectivity index (χ2v) is 6.12. The van der Waals surface area contributed by atoms with Crippen molar-refractivity contribution in [2.75, 3.05) is 38.2 Å². The molecule has 2 N–H and O–H groups in total. The minimum absolute atomic E-state index is 0.0202. The number of aryl methyl sites for hydroxylation is 2. The fourth-order valence-electron chi connectivity index (χ4n) is 2.89. The van der Waals surface area contributed by atoms with E-state index >= 15 is 0 Å². The number of hydrogen-bond donors (Lipinski definition) is 2. The van der Waals surface area contributed by atoms with Crippen LogP contribution in [0.15, 0.2) is 34.9 Å². The molecule has 3 heterocycles. The van der Waals surface area contributed by atoms with Gasteiger partial charge < -0.3 is 14.5 Å². The van der Waals surface area contributed by atoms with E-state index in [-0.39, 0.29) is 12.1 Å². The van der Waals surface area contributed by atoms with Crippen LogP contribution in [0.25, 0.3) is 0 Å². The van der Waals surface area contributed by atoms with Gasteiger partial charge in [-0.25, -0.2) is 9.78 Å². The molecule has 1 aliphatic rings. The number of hydrogen-bond acceptors (Lipinski definition) is 5. The molecule has 2 aromatic rings. The standard InChI is InChI=1S/C18H24N4O3/c1-13-4-3-7-19-17(13)21-18(23)20-12-15(16-6-5-14(2)25-16)22-8-10-24-11-9-22/h3-7,15H,8-12H2,1-2H3,(H2,19,20,21,23)/t15-/m0/s1. The summed E-state index contributed by atoms with van der Waals surface area (Å²) in [4.78, 5) is 18.7. The van der Waals surface area contributed by atoms with Gasteiger partial charge in [-0.3, -0.25) is 10.2 Å². The first kappa shape index (κ1) is 17.4. The summed E-state index contributed by atoms with van der Waals surface area (Å²) in [5.41, 5.74) is 0.920. The number of aromatic nitrogens is 1. The highest BCUT2D eigenvalue weighted by Gasteiger charge is 2.25. The zero-order valence-corrected chi connectivity index (χ0v) is 14.6. The predicted octanol–water partition coefficient (Wildman–Crippen LogP) is 2.49. The number of anilines is 1. The largest absolute Gasteiger partial charge is 0.465 e. The molecule has 1 saturated heterocycles. The first-order valence-corrected chi connectivity index (χ1v) is 8.48. The van der Waals surface area contributed by atoms with Gasteiger partial charge in [-0.15, -0.1) is 0 Å². The van der Waals surface area contributed by atoms with Crippen LogP contribution >= 0.6 is 0 Å². The van der Waals surface area contributed by atoms with E-state index in [4.69, 9.17) is 9.15 Å². The van der Waals surface area contributed by atoms with Gasteiger partial charge in [0.15, 0.2) is 0 Å². The number of morpholine rings is 1. The Bertz CT molecular complexity index is 710. The summed E-state index contributed by atoms with van der Waals surface area (Å²) in [7, 11) is 0. The van der Waals surface area contributed by atoms with Gasteiger partial charge in [0.2, 0.25) is 0 Å². The van der Waals surface area contributed by atoms with E-state index in [2.05, 4.69) is 20.5 Å². The van der Waals surface area contributed by atoms with Crippen molar-refractivity contribution in [2.24, 2.45) is 0 Å². The number of amides is 2. The zero-order valence-electron chi connectivity index (χ0n) is 14.6. The van der Waals surface area contributed by atoms with Gasteiger partial charge in [-0.1, -0.05) is 6.07 Å². The Morgan fingerprint density at radius 2 is 2.08 bits per heavy atom. The molecule has 1 fully saturated rings. The van der Waals surface area contributed by atoms with Crippen LogP contribution in [0.2, 0.25) is 0 Å². The minimum Gasteiger partial charge on any atom is -0.465 e. The van der Waals surface area contributed by atoms with Crippen LogP contribution in [-0.2, 0) is 4.74 Å². The molecular weight excluding hydrogens is 320 g/mol. The number of urea groups is 1. The predicted molar refractivity (Wildman–Crippen MR) is 94.6 cm³/mol. The summed E-state index contributed by atoms with van der Waals surface area (Å²) in [6, 6.07) is 7.37. The monoisotopic (exact) mass is 344 g/mol. The first-order valence-electron chi connectivity index (χ1n) is 8.48. The van der Waals surface area contributed by atoms with E-state index < -0.39 is 0 Å². The smallest absolute Gasteiger partial charge is 0.320 e. The second-order valence-electron chi connectivity index (χ2n) is 6.12. The molecule has 0 spiro atoms. The number of carbonyl (C=O) groups is 1. The average Bonchev–Trinajstić information content (AvgIpc) is 3.04. The number of furan rings is 1. The number of carbonyl (C=O) groups excluding carboxylic acids is 1. The third-order valence-corrected chi connectivity index (χ3v) is 4.27. The van der Waals surface area contributed by atoms with Gasteiger partial charge >= 0.3 is 6.03 Å². The van der Waals surface area contributed by atoms with Crippen molar-refractivity contribution in [3.05, 3.63) is 47.5 Å². The second kappa shape index (κ2) is 8.13. The Hall–Kier alpha value is -2.38. The molecule has 0 aliphatic carbocycles. The summed E-state index contributed by atoms with van der Waals surface area (Å²) in [6.07, 6.45) is 1.66. The maximum absolute atomic E-state index is 12.3. The highest BCUT2D eigenvalue weighted by molar-refractivity contribution is 5.88. The van der Waals surface area contributed by atoms with Crippen LogP contribution in [0, 0.1) is 13.8 Å².